The normalized spacial score (nSPS) is 10.7. The van der Waals surface area contributed by atoms with Gasteiger partial charge in [0.25, 0.3) is 0 Å². The first-order chi connectivity index (χ1) is 11.2. The van der Waals surface area contributed by atoms with Crippen LogP contribution in [0.5, 0.6) is 11.5 Å². The summed E-state index contributed by atoms with van der Waals surface area (Å²) in [5, 5.41) is 0.916. The molecule has 0 aliphatic rings. The molecule has 0 amide bonds. The lowest BCUT2D eigenvalue weighted by molar-refractivity contribution is 0.104. The minimum absolute atomic E-state index is 0.0344. The summed E-state index contributed by atoms with van der Waals surface area (Å²) in [5.41, 5.74) is 1.59. The second kappa shape index (κ2) is 9.16. The van der Waals surface area contributed by atoms with Crippen molar-refractivity contribution in [1.29, 1.82) is 0 Å². The number of ether oxygens (including phenoxy) is 2. The number of benzene rings is 2. The van der Waals surface area contributed by atoms with Gasteiger partial charge in [0.2, 0.25) is 0 Å². The van der Waals surface area contributed by atoms with E-state index in [0.717, 1.165) is 28.8 Å². The number of allylic oxidation sites excluding steroid dienone is 1. The Hall–Kier alpha value is -2.07. The van der Waals surface area contributed by atoms with Crippen molar-refractivity contribution in [2.24, 2.45) is 0 Å². The second-order valence-corrected chi connectivity index (χ2v) is 5.68. The molecule has 0 heterocycles. The van der Waals surface area contributed by atoms with Crippen LogP contribution in [0.25, 0.3) is 6.08 Å². The Bertz CT molecular complexity index is 645. The van der Waals surface area contributed by atoms with E-state index in [9.17, 15) is 4.79 Å². The zero-order valence-electron chi connectivity index (χ0n) is 13.0. The summed E-state index contributed by atoms with van der Waals surface area (Å²) in [4.78, 5) is 12.2. The highest BCUT2D eigenvalue weighted by molar-refractivity contribution is 9.09. The standard InChI is InChI=1S/C19H19BrO3/c1-22-17-8-3-15(4-9-17)5-12-19(21)16-6-10-18(11-7-16)23-14-2-13-20/h3-12H,2,13-14H2,1H3. The maximum atomic E-state index is 12.2. The van der Waals surface area contributed by atoms with Crippen LogP contribution < -0.4 is 9.47 Å². The van der Waals surface area contributed by atoms with Gasteiger partial charge >= 0.3 is 0 Å². The molecule has 0 aliphatic heterocycles. The largest absolute Gasteiger partial charge is 0.497 e. The quantitative estimate of drug-likeness (QED) is 0.289. The third kappa shape index (κ3) is 5.57. The molecule has 3 nitrogen and oxygen atoms in total. The van der Waals surface area contributed by atoms with Crippen molar-refractivity contribution in [3.05, 3.63) is 65.7 Å². The van der Waals surface area contributed by atoms with Crippen LogP contribution in [0.1, 0.15) is 22.3 Å². The topological polar surface area (TPSA) is 35.5 Å². The van der Waals surface area contributed by atoms with E-state index in [2.05, 4.69) is 15.9 Å². The number of carbonyl (C=O) groups is 1. The zero-order chi connectivity index (χ0) is 16.5. The average molecular weight is 375 g/mol. The summed E-state index contributed by atoms with van der Waals surface area (Å²) in [7, 11) is 1.63. The molecule has 0 unspecified atom stereocenters. The Morgan fingerprint density at radius 2 is 1.70 bits per heavy atom. The molecular formula is C19H19BrO3. The van der Waals surface area contributed by atoms with Crippen LogP contribution in [-0.4, -0.2) is 24.8 Å². The average Bonchev–Trinajstić information content (AvgIpc) is 2.61. The lowest BCUT2D eigenvalue weighted by Gasteiger charge is -2.05. The van der Waals surface area contributed by atoms with Crippen LogP contribution in [0.4, 0.5) is 0 Å². The summed E-state index contributed by atoms with van der Waals surface area (Å²) in [6, 6.07) is 14.7. The molecule has 0 atom stereocenters. The summed E-state index contributed by atoms with van der Waals surface area (Å²) in [6.07, 6.45) is 4.32. The van der Waals surface area contributed by atoms with Crippen molar-refractivity contribution in [2.75, 3.05) is 19.0 Å². The minimum atomic E-state index is -0.0344. The monoisotopic (exact) mass is 374 g/mol. The van der Waals surface area contributed by atoms with Crippen LogP contribution in [0.2, 0.25) is 0 Å². The maximum Gasteiger partial charge on any atom is 0.185 e. The van der Waals surface area contributed by atoms with E-state index in [0.29, 0.717) is 12.2 Å². The molecule has 23 heavy (non-hydrogen) atoms. The molecular weight excluding hydrogens is 356 g/mol. The lowest BCUT2D eigenvalue weighted by Crippen LogP contribution is -1.99. The summed E-state index contributed by atoms with van der Waals surface area (Å²) >= 11 is 3.36. The van der Waals surface area contributed by atoms with Crippen molar-refractivity contribution in [3.8, 4) is 11.5 Å². The first kappa shape index (κ1) is 17.3. The number of carbonyl (C=O) groups excluding carboxylic acids is 1. The molecule has 120 valence electrons. The Labute approximate surface area is 145 Å². The number of alkyl halides is 1. The summed E-state index contributed by atoms with van der Waals surface area (Å²) in [5.74, 6) is 1.54. The number of ketones is 1. The predicted octanol–water partition coefficient (Wildman–Crippen LogP) is 4.76. The molecule has 0 aliphatic carbocycles. The summed E-state index contributed by atoms with van der Waals surface area (Å²) < 4.78 is 10.7. The number of hydrogen-bond donors (Lipinski definition) is 0. The van der Waals surface area contributed by atoms with E-state index in [-0.39, 0.29) is 5.78 Å². The fourth-order valence-electron chi connectivity index (χ4n) is 1.94. The van der Waals surface area contributed by atoms with Gasteiger partial charge in [-0.05, 0) is 54.5 Å². The van der Waals surface area contributed by atoms with Crippen molar-refractivity contribution in [1.82, 2.24) is 0 Å². The third-order valence-electron chi connectivity index (χ3n) is 3.23. The first-order valence-electron chi connectivity index (χ1n) is 7.38. The third-order valence-corrected chi connectivity index (χ3v) is 3.79. The van der Waals surface area contributed by atoms with Gasteiger partial charge in [-0.1, -0.05) is 34.1 Å². The van der Waals surface area contributed by atoms with Crippen LogP contribution in [0, 0.1) is 0 Å². The van der Waals surface area contributed by atoms with Crippen molar-refractivity contribution < 1.29 is 14.3 Å². The van der Waals surface area contributed by atoms with Gasteiger partial charge in [-0.2, -0.15) is 0 Å². The lowest BCUT2D eigenvalue weighted by atomic mass is 10.1. The Morgan fingerprint density at radius 1 is 1.04 bits per heavy atom. The molecule has 0 N–H and O–H groups in total. The molecule has 2 aromatic carbocycles. The second-order valence-electron chi connectivity index (χ2n) is 4.89. The molecule has 2 aromatic rings. The number of halogens is 1. The Kier molecular flexibility index (Phi) is 6.88. The molecule has 0 fully saturated rings. The van der Waals surface area contributed by atoms with Crippen LogP contribution in [0.3, 0.4) is 0 Å². The minimum Gasteiger partial charge on any atom is -0.497 e. The van der Waals surface area contributed by atoms with Gasteiger partial charge < -0.3 is 9.47 Å². The van der Waals surface area contributed by atoms with E-state index in [4.69, 9.17) is 9.47 Å². The van der Waals surface area contributed by atoms with Gasteiger partial charge in [-0.3, -0.25) is 4.79 Å². The van der Waals surface area contributed by atoms with Gasteiger partial charge in [0.05, 0.1) is 13.7 Å². The highest BCUT2D eigenvalue weighted by atomic mass is 79.9. The van der Waals surface area contributed by atoms with E-state index >= 15 is 0 Å². The molecule has 0 saturated heterocycles. The molecule has 0 spiro atoms. The zero-order valence-corrected chi connectivity index (χ0v) is 14.6. The molecule has 0 bridgehead atoms. The number of hydrogen-bond acceptors (Lipinski definition) is 3. The fourth-order valence-corrected chi connectivity index (χ4v) is 2.17. The van der Waals surface area contributed by atoms with Crippen LogP contribution >= 0.6 is 15.9 Å². The van der Waals surface area contributed by atoms with Crippen LogP contribution in [-0.2, 0) is 0 Å². The predicted molar refractivity (Wildman–Crippen MR) is 96.7 cm³/mol. The molecule has 0 saturated carbocycles. The fraction of sp³-hybridized carbons (Fsp3) is 0.211. The van der Waals surface area contributed by atoms with E-state index in [1.807, 2.05) is 36.4 Å². The maximum absolute atomic E-state index is 12.2. The van der Waals surface area contributed by atoms with Gasteiger partial charge in [0.15, 0.2) is 5.78 Å². The van der Waals surface area contributed by atoms with E-state index < -0.39 is 0 Å². The highest BCUT2D eigenvalue weighted by Crippen LogP contribution is 2.15. The number of rotatable bonds is 8. The number of methoxy groups -OCH3 is 1. The first-order valence-corrected chi connectivity index (χ1v) is 8.50. The Balaban J connectivity index is 1.95. The molecule has 4 heteroatoms. The van der Waals surface area contributed by atoms with Gasteiger partial charge in [-0.25, -0.2) is 0 Å². The smallest absolute Gasteiger partial charge is 0.185 e. The van der Waals surface area contributed by atoms with E-state index in [1.54, 1.807) is 31.4 Å². The summed E-state index contributed by atoms with van der Waals surface area (Å²) in [6.45, 7) is 0.663. The molecule has 2 rings (SSSR count). The van der Waals surface area contributed by atoms with Gasteiger partial charge in [0, 0.05) is 10.9 Å². The highest BCUT2D eigenvalue weighted by Gasteiger charge is 2.02. The SMILES string of the molecule is COc1ccc(C=CC(=O)c2ccc(OCCCBr)cc2)cc1. The van der Waals surface area contributed by atoms with Gasteiger partial charge in [0.1, 0.15) is 11.5 Å². The van der Waals surface area contributed by atoms with Crippen LogP contribution in [0.15, 0.2) is 54.6 Å². The Morgan fingerprint density at radius 3 is 2.30 bits per heavy atom. The van der Waals surface area contributed by atoms with Crippen molar-refractivity contribution >= 4 is 27.8 Å². The van der Waals surface area contributed by atoms with Crippen molar-refractivity contribution in [2.45, 2.75) is 6.42 Å². The van der Waals surface area contributed by atoms with E-state index in [1.165, 1.54) is 0 Å². The molecule has 0 aromatic heterocycles. The molecule has 0 radical (unpaired) electrons. The van der Waals surface area contributed by atoms with Crippen molar-refractivity contribution in [3.63, 3.8) is 0 Å². The van der Waals surface area contributed by atoms with Gasteiger partial charge in [-0.15, -0.1) is 0 Å².